The molecule has 25 heavy (non-hydrogen) atoms. The predicted molar refractivity (Wildman–Crippen MR) is 98.7 cm³/mol. The highest BCUT2D eigenvalue weighted by molar-refractivity contribution is 7.09. The van der Waals surface area contributed by atoms with Crippen molar-refractivity contribution in [3.8, 4) is 0 Å². The smallest absolute Gasteiger partial charge is 0.321 e. The Morgan fingerprint density at radius 3 is 2.92 bits per heavy atom. The molecular weight excluding hydrogens is 338 g/mol. The van der Waals surface area contributed by atoms with Crippen LogP contribution in [0.1, 0.15) is 38.0 Å². The highest BCUT2D eigenvalue weighted by atomic mass is 32.1. The third kappa shape index (κ3) is 7.98. The summed E-state index contributed by atoms with van der Waals surface area (Å²) in [5, 5.41) is 7.22. The van der Waals surface area contributed by atoms with Crippen LogP contribution < -0.4 is 15.5 Å². The third-order valence-electron chi connectivity index (χ3n) is 4.22. The molecule has 0 aliphatic carbocycles. The monoisotopic (exact) mass is 368 g/mol. The van der Waals surface area contributed by atoms with Crippen LogP contribution in [0.25, 0.3) is 0 Å². The molecule has 2 rings (SSSR count). The number of hydrogen-bond donors (Lipinski definition) is 3. The van der Waals surface area contributed by atoms with Crippen molar-refractivity contribution in [2.24, 2.45) is 5.92 Å². The van der Waals surface area contributed by atoms with Crippen molar-refractivity contribution in [2.75, 3.05) is 26.2 Å². The van der Waals surface area contributed by atoms with E-state index in [1.54, 1.807) is 11.3 Å². The maximum Gasteiger partial charge on any atom is 0.321 e. The molecule has 1 saturated heterocycles. The number of carbonyl (C=O) groups is 2. The quantitative estimate of drug-likeness (QED) is 0.613. The maximum atomic E-state index is 12.2. The topological polar surface area (TPSA) is 71.9 Å². The predicted octanol–water partition coefficient (Wildman–Crippen LogP) is 1.18. The van der Waals surface area contributed by atoms with Crippen LogP contribution in [0.3, 0.4) is 0 Å². The van der Waals surface area contributed by atoms with E-state index < -0.39 is 6.03 Å². The van der Waals surface area contributed by atoms with Crippen molar-refractivity contribution in [1.82, 2.24) is 10.6 Å². The molecule has 1 unspecified atom stereocenters. The van der Waals surface area contributed by atoms with Gasteiger partial charge in [0.15, 0.2) is 6.54 Å². The second kappa shape index (κ2) is 10.5. The lowest BCUT2D eigenvalue weighted by molar-refractivity contribution is -0.908. The first-order valence-corrected chi connectivity index (χ1v) is 9.96. The lowest BCUT2D eigenvalue weighted by Crippen LogP contribution is -3.13. The first-order valence-electron chi connectivity index (χ1n) is 9.08. The van der Waals surface area contributed by atoms with Gasteiger partial charge in [-0.05, 0) is 36.6 Å². The van der Waals surface area contributed by atoms with Crippen LogP contribution in [0.2, 0.25) is 0 Å². The Morgan fingerprint density at radius 1 is 1.44 bits per heavy atom. The van der Waals surface area contributed by atoms with Gasteiger partial charge >= 0.3 is 6.03 Å². The Labute approximate surface area is 153 Å². The molecule has 1 aromatic rings. The van der Waals surface area contributed by atoms with E-state index in [9.17, 15) is 9.59 Å². The molecule has 0 radical (unpaired) electrons. The molecule has 140 valence electrons. The van der Waals surface area contributed by atoms with E-state index in [2.05, 4.69) is 30.5 Å². The summed E-state index contributed by atoms with van der Waals surface area (Å²) in [6.45, 7) is 7.43. The van der Waals surface area contributed by atoms with Gasteiger partial charge in [0.05, 0.1) is 4.88 Å². The second-order valence-electron chi connectivity index (χ2n) is 7.01. The number of nitrogens with one attached hydrogen (secondary N) is 3. The van der Waals surface area contributed by atoms with Crippen LogP contribution in [0, 0.1) is 5.92 Å². The maximum absolute atomic E-state index is 12.2. The first-order chi connectivity index (χ1) is 12.0. The third-order valence-corrected chi connectivity index (χ3v) is 5.09. The van der Waals surface area contributed by atoms with Gasteiger partial charge in [0, 0.05) is 13.2 Å². The molecule has 1 aliphatic rings. The molecule has 7 heteroatoms. The molecule has 3 amide bonds. The van der Waals surface area contributed by atoms with E-state index >= 15 is 0 Å². The van der Waals surface area contributed by atoms with Gasteiger partial charge in [0.2, 0.25) is 0 Å². The van der Waals surface area contributed by atoms with Crippen LogP contribution in [-0.2, 0) is 16.1 Å². The zero-order valence-electron chi connectivity index (χ0n) is 15.2. The lowest BCUT2D eigenvalue weighted by atomic mass is 10.1. The molecule has 1 aliphatic heterocycles. The average Bonchev–Trinajstić information content (AvgIpc) is 3.20. The molecule has 0 saturated carbocycles. The molecule has 2 heterocycles. The highest BCUT2D eigenvalue weighted by Crippen LogP contribution is 2.10. The minimum Gasteiger partial charge on any atom is -0.372 e. The fraction of sp³-hybridized carbons (Fsp3) is 0.667. The summed E-state index contributed by atoms with van der Waals surface area (Å²) in [6.07, 6.45) is 3.24. The van der Waals surface area contributed by atoms with Crippen LogP contribution >= 0.6 is 11.3 Å². The first kappa shape index (κ1) is 19.9. The largest absolute Gasteiger partial charge is 0.372 e. The molecule has 1 aromatic heterocycles. The van der Waals surface area contributed by atoms with E-state index in [0.717, 1.165) is 43.9 Å². The summed E-state index contributed by atoms with van der Waals surface area (Å²) in [5.74, 6) is 0.278. The SMILES string of the molecule is CC(C)CCNC(=O)NC(=O)C[NH+](Cc1cccs1)C[C@@H]1CCCO1. The van der Waals surface area contributed by atoms with Crippen LogP contribution in [0.4, 0.5) is 4.79 Å². The van der Waals surface area contributed by atoms with Gasteiger partial charge < -0.3 is 15.0 Å². The number of rotatable bonds is 9. The van der Waals surface area contributed by atoms with E-state index in [4.69, 9.17) is 4.74 Å². The molecule has 1 fully saturated rings. The van der Waals surface area contributed by atoms with Crippen LogP contribution in [0.15, 0.2) is 17.5 Å². The minimum absolute atomic E-state index is 0.211. The van der Waals surface area contributed by atoms with Crippen molar-refractivity contribution >= 4 is 23.3 Å². The Balaban J connectivity index is 1.79. The Hall–Kier alpha value is -1.44. The number of ether oxygens (including phenoxy) is 1. The van der Waals surface area contributed by atoms with E-state index in [1.807, 2.05) is 11.4 Å². The van der Waals surface area contributed by atoms with Gasteiger partial charge in [-0.3, -0.25) is 10.1 Å². The van der Waals surface area contributed by atoms with Gasteiger partial charge in [-0.25, -0.2) is 4.79 Å². The number of amides is 3. The number of imide groups is 1. The summed E-state index contributed by atoms with van der Waals surface area (Å²) in [4.78, 5) is 26.4. The van der Waals surface area contributed by atoms with E-state index in [0.29, 0.717) is 12.5 Å². The number of urea groups is 1. The molecule has 2 atom stereocenters. The van der Waals surface area contributed by atoms with Crippen LogP contribution in [0.5, 0.6) is 0 Å². The summed E-state index contributed by atoms with van der Waals surface area (Å²) in [7, 11) is 0. The summed E-state index contributed by atoms with van der Waals surface area (Å²) >= 11 is 1.69. The molecule has 0 aromatic carbocycles. The van der Waals surface area contributed by atoms with Gasteiger partial charge in [-0.2, -0.15) is 0 Å². The van der Waals surface area contributed by atoms with Crippen molar-refractivity contribution in [3.05, 3.63) is 22.4 Å². The fourth-order valence-electron chi connectivity index (χ4n) is 2.91. The average molecular weight is 369 g/mol. The van der Waals surface area contributed by atoms with Gasteiger partial charge in [0.1, 0.15) is 19.2 Å². The van der Waals surface area contributed by atoms with Crippen molar-refractivity contribution in [1.29, 1.82) is 0 Å². The van der Waals surface area contributed by atoms with E-state index in [1.165, 1.54) is 4.88 Å². The number of thiophene rings is 1. The molecule has 0 spiro atoms. The lowest BCUT2D eigenvalue weighted by Gasteiger charge is -2.21. The van der Waals surface area contributed by atoms with Crippen molar-refractivity contribution in [3.63, 3.8) is 0 Å². The molecule has 0 bridgehead atoms. The van der Waals surface area contributed by atoms with Gasteiger partial charge in [0.25, 0.3) is 5.91 Å². The summed E-state index contributed by atoms with van der Waals surface area (Å²) < 4.78 is 5.71. The fourth-order valence-corrected chi connectivity index (χ4v) is 3.69. The molecular formula is C18H30N3O3S+. The highest BCUT2D eigenvalue weighted by Gasteiger charge is 2.24. The molecule has 3 N–H and O–H groups in total. The van der Waals surface area contributed by atoms with Crippen LogP contribution in [-0.4, -0.2) is 44.3 Å². The number of quaternary nitrogens is 1. The van der Waals surface area contributed by atoms with Crippen molar-refractivity contribution in [2.45, 2.75) is 45.8 Å². The second-order valence-corrected chi connectivity index (χ2v) is 8.04. The Morgan fingerprint density at radius 2 is 2.28 bits per heavy atom. The van der Waals surface area contributed by atoms with Crippen molar-refractivity contribution < 1.29 is 19.2 Å². The number of carbonyl (C=O) groups excluding carboxylic acids is 2. The zero-order valence-corrected chi connectivity index (χ0v) is 16.0. The standard InChI is InChI=1S/C18H29N3O3S/c1-14(2)7-8-19-18(23)20-17(22)13-21(11-15-5-3-9-24-15)12-16-6-4-10-25-16/h4,6,10,14-15H,3,5,7-9,11-13H2,1-2H3,(H2,19,20,22,23)/p+1/t15-/m0/s1. The summed E-state index contributed by atoms with van der Waals surface area (Å²) in [6, 6.07) is 3.70. The Kier molecular flexibility index (Phi) is 8.37. The number of hydrogen-bond acceptors (Lipinski definition) is 4. The Bertz CT molecular complexity index is 528. The minimum atomic E-state index is -0.404. The van der Waals surface area contributed by atoms with Gasteiger partial charge in [-0.15, -0.1) is 11.3 Å². The van der Waals surface area contributed by atoms with E-state index in [-0.39, 0.29) is 18.6 Å². The summed E-state index contributed by atoms with van der Waals surface area (Å²) in [5.41, 5.74) is 0. The molecule has 6 nitrogen and oxygen atoms in total. The van der Waals surface area contributed by atoms with Gasteiger partial charge in [-0.1, -0.05) is 19.9 Å². The normalized spacial score (nSPS) is 18.3. The zero-order chi connectivity index (χ0) is 18.1.